The summed E-state index contributed by atoms with van der Waals surface area (Å²) in [7, 11) is -3.41. The minimum atomic E-state index is -3.41. The van der Waals surface area contributed by atoms with E-state index < -0.39 is 10.1 Å². The van der Waals surface area contributed by atoms with Gasteiger partial charge in [-0.25, -0.2) is 0 Å². The lowest BCUT2D eigenvalue weighted by molar-refractivity contribution is 0.308. The lowest BCUT2D eigenvalue weighted by atomic mass is 10.00. The molecule has 2 rings (SSSR count). The van der Waals surface area contributed by atoms with Crippen LogP contribution in [0.15, 0.2) is 24.3 Å². The third kappa shape index (κ3) is 3.78. The first-order valence-electron chi connectivity index (χ1n) is 5.92. The number of rotatable bonds is 4. The van der Waals surface area contributed by atoms with Crippen LogP contribution in [0.1, 0.15) is 17.2 Å². The van der Waals surface area contributed by atoms with Crippen molar-refractivity contribution in [3.8, 4) is 0 Å². The maximum atomic E-state index is 11.0. The Morgan fingerprint density at radius 2 is 2.11 bits per heavy atom. The van der Waals surface area contributed by atoms with Gasteiger partial charge in [-0.1, -0.05) is 24.3 Å². The second-order valence-corrected chi connectivity index (χ2v) is 6.02. The van der Waals surface area contributed by atoms with E-state index in [0.717, 1.165) is 37.0 Å². The quantitative estimate of drug-likeness (QED) is 0.775. The largest absolute Gasteiger partial charge is 0.314 e. The first kappa shape index (κ1) is 13.5. The zero-order valence-electron chi connectivity index (χ0n) is 10.3. The van der Waals surface area contributed by atoms with Crippen LogP contribution in [0.2, 0.25) is 0 Å². The number of hydrogen-bond donors (Lipinski definition) is 2. The summed E-state index contributed by atoms with van der Waals surface area (Å²) < 4.78 is 27.0. The molecular formula is C12H18N2O3S. The van der Waals surface area contributed by atoms with Gasteiger partial charge in [-0.15, -0.1) is 0 Å². The van der Waals surface area contributed by atoms with Crippen molar-refractivity contribution in [3.05, 3.63) is 35.4 Å². The summed E-state index contributed by atoms with van der Waals surface area (Å²) in [5.74, 6) is 0. The lowest BCUT2D eigenvalue weighted by Gasteiger charge is -2.26. The van der Waals surface area contributed by atoms with Gasteiger partial charge in [0, 0.05) is 25.7 Å². The van der Waals surface area contributed by atoms with Crippen LogP contribution >= 0.6 is 0 Å². The molecule has 1 heterocycles. The molecule has 0 bridgehead atoms. The third-order valence-electron chi connectivity index (χ3n) is 2.90. The molecule has 0 radical (unpaired) electrons. The van der Waals surface area contributed by atoms with Crippen molar-refractivity contribution in [2.75, 3.05) is 25.9 Å². The molecule has 1 unspecified atom stereocenters. The Morgan fingerprint density at radius 3 is 2.78 bits per heavy atom. The Morgan fingerprint density at radius 1 is 1.33 bits per heavy atom. The van der Waals surface area contributed by atoms with E-state index in [0.29, 0.717) is 0 Å². The lowest BCUT2D eigenvalue weighted by Crippen LogP contribution is -2.43. The van der Waals surface area contributed by atoms with Gasteiger partial charge in [0.1, 0.15) is 0 Å². The Kier molecular flexibility index (Phi) is 4.34. The fourth-order valence-electron chi connectivity index (χ4n) is 2.05. The average Bonchev–Trinajstić information content (AvgIpc) is 2.37. The number of nitrogens with one attached hydrogen (secondary N) is 2. The molecule has 1 aromatic rings. The Bertz CT molecular complexity index is 496. The van der Waals surface area contributed by atoms with Crippen LogP contribution in [0.4, 0.5) is 0 Å². The van der Waals surface area contributed by atoms with E-state index in [1.807, 2.05) is 24.3 Å². The highest BCUT2D eigenvalue weighted by atomic mass is 32.2. The molecule has 0 aliphatic carbocycles. The summed E-state index contributed by atoms with van der Waals surface area (Å²) in [6, 6.07) is 7.96. The molecule has 5 nitrogen and oxygen atoms in total. The van der Waals surface area contributed by atoms with Crippen molar-refractivity contribution >= 4 is 10.1 Å². The van der Waals surface area contributed by atoms with Crippen molar-refractivity contribution in [3.63, 3.8) is 0 Å². The molecule has 6 heteroatoms. The van der Waals surface area contributed by atoms with E-state index in [1.165, 1.54) is 0 Å². The van der Waals surface area contributed by atoms with Crippen molar-refractivity contribution in [2.24, 2.45) is 0 Å². The van der Waals surface area contributed by atoms with Crippen LogP contribution in [0.25, 0.3) is 0 Å². The molecule has 0 saturated carbocycles. The smallest absolute Gasteiger partial charge is 0.264 e. The van der Waals surface area contributed by atoms with Gasteiger partial charge in [0.2, 0.25) is 0 Å². The second-order valence-electron chi connectivity index (χ2n) is 4.38. The molecule has 1 saturated heterocycles. The summed E-state index contributed by atoms with van der Waals surface area (Å²) in [6.45, 7) is 2.80. The molecule has 1 fully saturated rings. The summed E-state index contributed by atoms with van der Waals surface area (Å²) >= 11 is 0. The molecular weight excluding hydrogens is 252 g/mol. The van der Waals surface area contributed by atoms with Gasteiger partial charge in [0.05, 0.1) is 12.9 Å². The van der Waals surface area contributed by atoms with E-state index in [2.05, 4.69) is 10.6 Å². The molecule has 1 aliphatic heterocycles. The molecule has 100 valence electrons. The van der Waals surface area contributed by atoms with Crippen LogP contribution in [-0.2, 0) is 20.9 Å². The maximum absolute atomic E-state index is 11.0. The topological polar surface area (TPSA) is 67.4 Å². The molecule has 0 spiro atoms. The zero-order valence-corrected chi connectivity index (χ0v) is 11.2. The van der Waals surface area contributed by atoms with Crippen LogP contribution < -0.4 is 10.6 Å². The number of benzene rings is 1. The molecule has 0 amide bonds. The Labute approximate surface area is 108 Å². The second kappa shape index (κ2) is 5.79. The third-order valence-corrected chi connectivity index (χ3v) is 3.45. The van der Waals surface area contributed by atoms with Crippen molar-refractivity contribution in [2.45, 2.75) is 12.6 Å². The predicted octanol–water partition coefficient (Wildman–Crippen LogP) is 0.397. The highest BCUT2D eigenvalue weighted by Crippen LogP contribution is 2.20. The van der Waals surface area contributed by atoms with Crippen LogP contribution in [0.5, 0.6) is 0 Å². The van der Waals surface area contributed by atoms with Crippen molar-refractivity contribution in [1.82, 2.24) is 10.6 Å². The normalized spacial score (nSPS) is 20.8. The fourth-order valence-corrected chi connectivity index (χ4v) is 2.39. The average molecular weight is 270 g/mol. The SMILES string of the molecule is CS(=O)(=O)OCc1ccccc1C1CNCCN1. The molecule has 18 heavy (non-hydrogen) atoms. The predicted molar refractivity (Wildman–Crippen MR) is 69.7 cm³/mol. The Hall–Kier alpha value is -0.950. The molecule has 0 aromatic heterocycles. The van der Waals surface area contributed by atoms with Crippen LogP contribution in [0.3, 0.4) is 0 Å². The monoisotopic (exact) mass is 270 g/mol. The molecule has 1 aliphatic rings. The maximum Gasteiger partial charge on any atom is 0.264 e. The van der Waals surface area contributed by atoms with Gasteiger partial charge < -0.3 is 10.6 Å². The first-order chi connectivity index (χ1) is 8.56. The highest BCUT2D eigenvalue weighted by molar-refractivity contribution is 7.85. The van der Waals surface area contributed by atoms with Crippen LogP contribution in [0, 0.1) is 0 Å². The molecule has 1 aromatic carbocycles. The van der Waals surface area contributed by atoms with Crippen molar-refractivity contribution in [1.29, 1.82) is 0 Å². The van der Waals surface area contributed by atoms with Gasteiger partial charge >= 0.3 is 0 Å². The van der Waals surface area contributed by atoms with Crippen LogP contribution in [-0.4, -0.2) is 34.3 Å². The molecule has 2 N–H and O–H groups in total. The van der Waals surface area contributed by atoms with Gasteiger partial charge in [0.25, 0.3) is 10.1 Å². The van der Waals surface area contributed by atoms with Gasteiger partial charge in [-0.2, -0.15) is 8.42 Å². The zero-order chi connectivity index (χ0) is 13.0. The minimum absolute atomic E-state index is 0.0905. The Balaban J connectivity index is 2.14. The van der Waals surface area contributed by atoms with Gasteiger partial charge in [0.15, 0.2) is 0 Å². The van der Waals surface area contributed by atoms with Crippen molar-refractivity contribution < 1.29 is 12.6 Å². The van der Waals surface area contributed by atoms with E-state index >= 15 is 0 Å². The van der Waals surface area contributed by atoms with Gasteiger partial charge in [-0.3, -0.25) is 4.18 Å². The van der Waals surface area contributed by atoms with E-state index in [1.54, 1.807) is 0 Å². The number of piperazine rings is 1. The summed E-state index contributed by atoms with van der Waals surface area (Å²) in [6.07, 6.45) is 1.07. The first-order valence-corrected chi connectivity index (χ1v) is 7.74. The van der Waals surface area contributed by atoms with E-state index in [-0.39, 0.29) is 12.6 Å². The summed E-state index contributed by atoms with van der Waals surface area (Å²) in [5.41, 5.74) is 2.00. The summed E-state index contributed by atoms with van der Waals surface area (Å²) in [4.78, 5) is 0. The minimum Gasteiger partial charge on any atom is -0.314 e. The molecule has 1 atom stereocenters. The fraction of sp³-hybridized carbons (Fsp3) is 0.500. The van der Waals surface area contributed by atoms with E-state index in [4.69, 9.17) is 4.18 Å². The van der Waals surface area contributed by atoms with Gasteiger partial charge in [-0.05, 0) is 11.1 Å². The number of hydrogen-bond acceptors (Lipinski definition) is 5. The van der Waals surface area contributed by atoms with E-state index in [9.17, 15) is 8.42 Å². The standard InChI is InChI=1S/C12H18N2O3S/c1-18(15,16)17-9-10-4-2-3-5-11(10)12-8-13-6-7-14-12/h2-5,12-14H,6-9H2,1H3. The summed E-state index contributed by atoms with van der Waals surface area (Å²) in [5, 5.41) is 6.72. The highest BCUT2D eigenvalue weighted by Gasteiger charge is 2.17.